The van der Waals surface area contributed by atoms with Crippen molar-refractivity contribution in [3.63, 3.8) is 0 Å². The summed E-state index contributed by atoms with van der Waals surface area (Å²) in [5.41, 5.74) is 3.91. The molecule has 0 saturated heterocycles. The molecule has 0 spiro atoms. The van der Waals surface area contributed by atoms with Gasteiger partial charge in [-0.1, -0.05) is 0 Å². The van der Waals surface area contributed by atoms with Crippen molar-refractivity contribution in [3.8, 4) is 11.3 Å². The smallest absolute Gasteiger partial charge is 0.241 e. The minimum absolute atomic E-state index is 0.280. The van der Waals surface area contributed by atoms with Gasteiger partial charge in [0.1, 0.15) is 11.3 Å². The van der Waals surface area contributed by atoms with Gasteiger partial charge in [-0.3, -0.25) is 0 Å². The zero-order valence-corrected chi connectivity index (χ0v) is 18.7. The molecule has 0 bridgehead atoms. The maximum Gasteiger partial charge on any atom is 0.241 e. The molecule has 168 valence electrons. The highest BCUT2D eigenvalue weighted by Crippen LogP contribution is 2.30. The highest BCUT2D eigenvalue weighted by molar-refractivity contribution is 5.82. The number of anilines is 1. The molecule has 4 aromatic heterocycles. The number of hydrogen-bond acceptors (Lipinski definition) is 7. The first-order valence-electron chi connectivity index (χ1n) is 11.1. The summed E-state index contributed by atoms with van der Waals surface area (Å²) in [5, 5.41) is 18.2. The molecule has 32 heavy (non-hydrogen) atoms. The Morgan fingerprint density at radius 2 is 2.03 bits per heavy atom. The Morgan fingerprint density at radius 1 is 1.22 bits per heavy atom. The highest BCUT2D eigenvalue weighted by atomic mass is 16.5. The van der Waals surface area contributed by atoms with Crippen LogP contribution in [0.2, 0.25) is 0 Å². The van der Waals surface area contributed by atoms with Crippen molar-refractivity contribution in [1.82, 2.24) is 29.1 Å². The number of methoxy groups -OCH3 is 1. The van der Waals surface area contributed by atoms with Crippen molar-refractivity contribution in [2.24, 2.45) is 0 Å². The average Bonchev–Trinajstić information content (AvgIpc) is 3.33. The van der Waals surface area contributed by atoms with Gasteiger partial charge in [-0.05, 0) is 57.7 Å². The van der Waals surface area contributed by atoms with E-state index in [0.29, 0.717) is 19.1 Å². The maximum absolute atomic E-state index is 10.2. The molecule has 1 saturated carbocycles. The lowest BCUT2D eigenvalue weighted by Crippen LogP contribution is -2.36. The Labute approximate surface area is 186 Å². The zero-order valence-electron chi connectivity index (χ0n) is 18.7. The van der Waals surface area contributed by atoms with Gasteiger partial charge >= 0.3 is 0 Å². The third-order valence-corrected chi connectivity index (χ3v) is 6.39. The van der Waals surface area contributed by atoms with E-state index >= 15 is 0 Å². The van der Waals surface area contributed by atoms with Crippen molar-refractivity contribution in [1.29, 1.82) is 0 Å². The van der Waals surface area contributed by atoms with Crippen LogP contribution in [0.5, 0.6) is 0 Å². The van der Waals surface area contributed by atoms with Crippen LogP contribution in [0.25, 0.3) is 27.9 Å². The van der Waals surface area contributed by atoms with Crippen molar-refractivity contribution < 1.29 is 9.84 Å². The summed E-state index contributed by atoms with van der Waals surface area (Å²) in [6.45, 7) is 5.21. The number of aromatic nitrogens is 6. The molecule has 1 fully saturated rings. The van der Waals surface area contributed by atoms with Gasteiger partial charge in [-0.2, -0.15) is 0 Å². The Kier molecular flexibility index (Phi) is 5.30. The van der Waals surface area contributed by atoms with Crippen LogP contribution in [0.15, 0.2) is 30.6 Å². The fourth-order valence-corrected chi connectivity index (χ4v) is 4.46. The summed E-state index contributed by atoms with van der Waals surface area (Å²) in [5.74, 6) is 1.52. The first-order chi connectivity index (χ1) is 15.4. The molecule has 0 amide bonds. The Morgan fingerprint density at radius 3 is 2.81 bits per heavy atom. The molecular weight excluding hydrogens is 406 g/mol. The van der Waals surface area contributed by atoms with E-state index < -0.39 is 5.60 Å². The van der Waals surface area contributed by atoms with Gasteiger partial charge in [-0.25, -0.2) is 19.5 Å². The van der Waals surface area contributed by atoms with Crippen LogP contribution < -0.4 is 5.32 Å². The number of ether oxygens (including phenoxy) is 1. The van der Waals surface area contributed by atoms with E-state index in [4.69, 9.17) is 9.72 Å². The van der Waals surface area contributed by atoms with Gasteiger partial charge < -0.3 is 19.7 Å². The molecule has 0 atom stereocenters. The number of rotatable bonds is 6. The van der Waals surface area contributed by atoms with E-state index in [1.807, 2.05) is 49.0 Å². The number of nitrogens with zero attached hydrogens (tertiary/aromatic N) is 6. The number of hydrogen-bond donors (Lipinski definition) is 2. The second kappa shape index (κ2) is 8.14. The molecule has 0 unspecified atom stereocenters. The minimum Gasteiger partial charge on any atom is -0.390 e. The monoisotopic (exact) mass is 435 g/mol. The third kappa shape index (κ3) is 3.93. The van der Waals surface area contributed by atoms with Gasteiger partial charge in [0.2, 0.25) is 5.95 Å². The maximum atomic E-state index is 10.2. The van der Waals surface area contributed by atoms with E-state index in [9.17, 15) is 5.11 Å². The molecule has 2 N–H and O–H groups in total. The van der Waals surface area contributed by atoms with Crippen LogP contribution in [-0.4, -0.2) is 59.6 Å². The summed E-state index contributed by atoms with van der Waals surface area (Å²) in [6.07, 6.45) is 7.16. The number of aryl methyl sites for hydroxylation is 1. The summed E-state index contributed by atoms with van der Waals surface area (Å²) < 4.78 is 9.16. The van der Waals surface area contributed by atoms with E-state index in [1.54, 1.807) is 7.11 Å². The van der Waals surface area contributed by atoms with Crippen LogP contribution in [0, 0.1) is 6.92 Å². The second-order valence-corrected chi connectivity index (χ2v) is 8.90. The average molecular weight is 436 g/mol. The fraction of sp³-hybridized carbons (Fsp3) is 0.478. The van der Waals surface area contributed by atoms with Crippen molar-refractivity contribution >= 4 is 22.6 Å². The summed E-state index contributed by atoms with van der Waals surface area (Å²) in [7, 11) is 1.70. The minimum atomic E-state index is -0.552. The largest absolute Gasteiger partial charge is 0.390 e. The van der Waals surface area contributed by atoms with Crippen LogP contribution in [0.4, 0.5) is 5.95 Å². The topological polar surface area (TPSA) is 102 Å². The SMILES string of the molecule is COCCn1c(C)nc2ccc(-c3ccn4nc(NC5CCC(C)(O)CC5)ncc34)nc21. The lowest BCUT2D eigenvalue weighted by molar-refractivity contribution is 0.0195. The van der Waals surface area contributed by atoms with Gasteiger partial charge in [0.25, 0.3) is 0 Å². The quantitative estimate of drug-likeness (QED) is 0.479. The fourth-order valence-electron chi connectivity index (χ4n) is 4.46. The molecule has 9 heteroatoms. The molecule has 1 aliphatic carbocycles. The summed E-state index contributed by atoms with van der Waals surface area (Å²) >= 11 is 0. The summed E-state index contributed by atoms with van der Waals surface area (Å²) in [6, 6.07) is 6.29. The van der Waals surface area contributed by atoms with E-state index in [0.717, 1.165) is 59.4 Å². The first-order valence-corrected chi connectivity index (χ1v) is 11.1. The van der Waals surface area contributed by atoms with Crippen LogP contribution in [0.3, 0.4) is 0 Å². The van der Waals surface area contributed by atoms with Crippen LogP contribution in [0.1, 0.15) is 38.4 Å². The third-order valence-electron chi connectivity index (χ3n) is 6.39. The van der Waals surface area contributed by atoms with Crippen LogP contribution >= 0.6 is 0 Å². The molecular formula is C23H29N7O2. The van der Waals surface area contributed by atoms with Gasteiger partial charge in [-0.15, -0.1) is 5.10 Å². The molecule has 9 nitrogen and oxygen atoms in total. The summed E-state index contributed by atoms with van der Waals surface area (Å²) in [4.78, 5) is 14.1. The molecule has 1 aliphatic rings. The molecule has 4 aromatic rings. The lowest BCUT2D eigenvalue weighted by atomic mass is 9.84. The number of nitrogens with one attached hydrogen (secondary N) is 1. The Hall–Kier alpha value is -3.04. The van der Waals surface area contributed by atoms with Gasteiger partial charge in [0, 0.05) is 31.5 Å². The zero-order chi connectivity index (χ0) is 22.3. The predicted molar refractivity (Wildman–Crippen MR) is 123 cm³/mol. The van der Waals surface area contributed by atoms with Gasteiger partial charge in [0.05, 0.1) is 29.6 Å². The number of pyridine rings is 1. The molecule has 0 aliphatic heterocycles. The lowest BCUT2D eigenvalue weighted by Gasteiger charge is -2.33. The van der Waals surface area contributed by atoms with Crippen molar-refractivity contribution in [2.75, 3.05) is 19.0 Å². The molecule has 0 radical (unpaired) electrons. The predicted octanol–water partition coefficient (Wildman–Crippen LogP) is 3.20. The molecule has 0 aromatic carbocycles. The van der Waals surface area contributed by atoms with Gasteiger partial charge in [0.15, 0.2) is 5.65 Å². The van der Waals surface area contributed by atoms with E-state index in [1.165, 1.54) is 0 Å². The van der Waals surface area contributed by atoms with E-state index in [2.05, 4.69) is 25.0 Å². The number of aliphatic hydroxyl groups is 1. The molecule has 5 rings (SSSR count). The van der Waals surface area contributed by atoms with Crippen molar-refractivity contribution in [2.45, 2.75) is 57.7 Å². The van der Waals surface area contributed by atoms with Crippen molar-refractivity contribution in [3.05, 3.63) is 36.4 Å². The normalized spacial score (nSPS) is 21.4. The number of imidazole rings is 1. The standard InChI is InChI=1S/C23H29N7O2/c1-15-25-19-5-4-18(27-21(19)29(15)12-13-32-3)17-8-11-30-20(17)14-24-22(28-30)26-16-6-9-23(2,31)10-7-16/h4-5,8,11,14,16,31H,6-7,9-10,12-13H2,1-3H3,(H,26,28). The first kappa shape index (κ1) is 20.8. The van der Waals surface area contributed by atoms with E-state index in [-0.39, 0.29) is 6.04 Å². The van der Waals surface area contributed by atoms with Crippen LogP contribution in [-0.2, 0) is 11.3 Å². The second-order valence-electron chi connectivity index (χ2n) is 8.90. The molecule has 4 heterocycles. The Bertz CT molecular complexity index is 1250. The number of fused-ring (bicyclic) bond motifs is 2. The Balaban J connectivity index is 1.42. The highest BCUT2D eigenvalue weighted by Gasteiger charge is 2.29.